The SMILES string of the molecule is Cc1ccc(S(=O)(=O)N2CC(c3nc(-c4cccs4)no3)C2)s1. The van der Waals surface area contributed by atoms with Crippen molar-refractivity contribution in [3.05, 3.63) is 40.4 Å². The van der Waals surface area contributed by atoms with Gasteiger partial charge < -0.3 is 4.52 Å². The number of sulfonamides is 1. The Morgan fingerprint density at radius 2 is 2.13 bits per heavy atom. The zero-order valence-corrected chi connectivity index (χ0v) is 14.6. The average molecular weight is 367 g/mol. The first-order chi connectivity index (χ1) is 11.0. The molecule has 3 aromatic rings. The molecule has 0 N–H and O–H groups in total. The minimum Gasteiger partial charge on any atom is -0.339 e. The third kappa shape index (κ3) is 2.63. The first kappa shape index (κ1) is 15.0. The smallest absolute Gasteiger partial charge is 0.252 e. The zero-order valence-electron chi connectivity index (χ0n) is 12.2. The molecule has 0 radical (unpaired) electrons. The third-order valence-corrected chi connectivity index (χ3v) is 7.86. The Bertz CT molecular complexity index is 922. The van der Waals surface area contributed by atoms with E-state index in [9.17, 15) is 8.42 Å². The van der Waals surface area contributed by atoms with Crippen LogP contribution in [0, 0.1) is 6.92 Å². The summed E-state index contributed by atoms with van der Waals surface area (Å²) in [6.07, 6.45) is 0. The summed E-state index contributed by atoms with van der Waals surface area (Å²) in [5.74, 6) is 1.03. The van der Waals surface area contributed by atoms with Crippen LogP contribution in [0.25, 0.3) is 10.7 Å². The minimum atomic E-state index is -3.39. The standard InChI is InChI=1S/C14H13N3O3S3/c1-9-4-5-12(22-9)23(18,19)17-7-10(8-17)14-15-13(16-20-14)11-3-2-6-21-11/h2-6,10H,7-8H2,1H3. The maximum atomic E-state index is 12.5. The maximum absolute atomic E-state index is 12.5. The van der Waals surface area contributed by atoms with Crippen LogP contribution in [0.5, 0.6) is 0 Å². The molecule has 0 saturated carbocycles. The summed E-state index contributed by atoms with van der Waals surface area (Å²) in [7, 11) is -3.39. The van der Waals surface area contributed by atoms with Gasteiger partial charge in [0.15, 0.2) is 0 Å². The van der Waals surface area contributed by atoms with Crippen molar-refractivity contribution in [1.82, 2.24) is 14.4 Å². The molecule has 120 valence electrons. The summed E-state index contributed by atoms with van der Waals surface area (Å²) in [6, 6.07) is 7.33. The molecule has 3 aromatic heterocycles. The van der Waals surface area contributed by atoms with E-state index in [1.807, 2.05) is 30.5 Å². The summed E-state index contributed by atoms with van der Waals surface area (Å²) < 4.78 is 32.1. The maximum Gasteiger partial charge on any atom is 0.252 e. The van der Waals surface area contributed by atoms with E-state index >= 15 is 0 Å². The van der Waals surface area contributed by atoms with Crippen molar-refractivity contribution in [3.63, 3.8) is 0 Å². The lowest BCUT2D eigenvalue weighted by Crippen LogP contribution is -2.48. The number of hydrogen-bond acceptors (Lipinski definition) is 7. The summed E-state index contributed by atoms with van der Waals surface area (Å²) in [4.78, 5) is 6.31. The summed E-state index contributed by atoms with van der Waals surface area (Å²) in [6.45, 7) is 2.66. The molecular formula is C14H13N3O3S3. The van der Waals surface area contributed by atoms with Gasteiger partial charge in [0.2, 0.25) is 11.7 Å². The Kier molecular flexibility index (Phi) is 3.60. The fourth-order valence-corrected chi connectivity index (χ4v) is 5.99. The van der Waals surface area contributed by atoms with Crippen LogP contribution in [0.1, 0.15) is 16.7 Å². The number of rotatable bonds is 4. The van der Waals surface area contributed by atoms with Crippen LogP contribution in [-0.2, 0) is 10.0 Å². The van der Waals surface area contributed by atoms with Gasteiger partial charge in [0, 0.05) is 18.0 Å². The second-order valence-corrected chi connectivity index (χ2v) is 9.72. The Morgan fingerprint density at radius 1 is 1.30 bits per heavy atom. The average Bonchev–Trinajstić information content (AvgIpc) is 3.16. The van der Waals surface area contributed by atoms with Crippen molar-refractivity contribution < 1.29 is 12.9 Å². The Labute approximate surface area is 141 Å². The third-order valence-electron chi connectivity index (χ3n) is 3.69. The fourth-order valence-electron chi connectivity index (χ4n) is 2.38. The van der Waals surface area contributed by atoms with Crippen LogP contribution < -0.4 is 0 Å². The molecule has 4 heterocycles. The molecule has 9 heteroatoms. The predicted molar refractivity (Wildman–Crippen MR) is 88.2 cm³/mol. The highest BCUT2D eigenvalue weighted by molar-refractivity contribution is 7.91. The van der Waals surface area contributed by atoms with Gasteiger partial charge in [-0.2, -0.15) is 9.29 Å². The normalized spacial score (nSPS) is 16.6. The molecule has 23 heavy (non-hydrogen) atoms. The van der Waals surface area contributed by atoms with E-state index in [4.69, 9.17) is 4.52 Å². The molecule has 0 aliphatic carbocycles. The Balaban J connectivity index is 1.47. The second-order valence-electron chi connectivity index (χ2n) is 5.32. The molecule has 1 aliphatic rings. The molecule has 4 rings (SSSR count). The van der Waals surface area contributed by atoms with Gasteiger partial charge in [0.25, 0.3) is 10.0 Å². The molecule has 6 nitrogen and oxygen atoms in total. The topological polar surface area (TPSA) is 76.3 Å². The van der Waals surface area contributed by atoms with Gasteiger partial charge in [0.05, 0.1) is 10.8 Å². The molecule has 1 fully saturated rings. The lowest BCUT2D eigenvalue weighted by molar-refractivity contribution is 0.217. The van der Waals surface area contributed by atoms with Crippen molar-refractivity contribution in [3.8, 4) is 10.7 Å². The highest BCUT2D eigenvalue weighted by atomic mass is 32.2. The van der Waals surface area contributed by atoms with Crippen molar-refractivity contribution >= 4 is 32.7 Å². The molecule has 0 unspecified atom stereocenters. The van der Waals surface area contributed by atoms with Crippen LogP contribution in [0.4, 0.5) is 0 Å². The Morgan fingerprint density at radius 3 is 2.78 bits per heavy atom. The van der Waals surface area contributed by atoms with Crippen molar-refractivity contribution in [2.45, 2.75) is 17.1 Å². The van der Waals surface area contributed by atoms with Crippen molar-refractivity contribution in [1.29, 1.82) is 0 Å². The number of hydrogen-bond donors (Lipinski definition) is 0. The summed E-state index contributed by atoms with van der Waals surface area (Å²) in [5, 5.41) is 5.92. The summed E-state index contributed by atoms with van der Waals surface area (Å²) in [5.41, 5.74) is 0. The molecule has 0 spiro atoms. The molecule has 0 bridgehead atoms. The quantitative estimate of drug-likeness (QED) is 0.708. The predicted octanol–water partition coefficient (Wildman–Crippen LogP) is 2.96. The zero-order chi connectivity index (χ0) is 16.0. The molecule has 0 aromatic carbocycles. The highest BCUT2D eigenvalue weighted by Gasteiger charge is 2.40. The first-order valence-electron chi connectivity index (χ1n) is 6.98. The van der Waals surface area contributed by atoms with Gasteiger partial charge in [-0.3, -0.25) is 0 Å². The lowest BCUT2D eigenvalue weighted by atomic mass is 10.0. The van der Waals surface area contributed by atoms with E-state index in [2.05, 4.69) is 10.1 Å². The number of thiophene rings is 2. The Hall–Kier alpha value is -1.55. The van der Waals surface area contributed by atoms with Crippen LogP contribution >= 0.6 is 22.7 Å². The van der Waals surface area contributed by atoms with E-state index < -0.39 is 10.0 Å². The molecule has 1 aliphatic heterocycles. The van der Waals surface area contributed by atoms with Crippen LogP contribution in [0.2, 0.25) is 0 Å². The second kappa shape index (κ2) is 5.52. The fraction of sp³-hybridized carbons (Fsp3) is 0.286. The van der Waals surface area contributed by atoms with E-state index in [0.29, 0.717) is 29.0 Å². The number of aromatic nitrogens is 2. The van der Waals surface area contributed by atoms with Crippen molar-refractivity contribution in [2.75, 3.05) is 13.1 Å². The minimum absolute atomic E-state index is 0.0351. The number of nitrogens with zero attached hydrogens (tertiary/aromatic N) is 3. The van der Waals surface area contributed by atoms with Crippen molar-refractivity contribution in [2.24, 2.45) is 0 Å². The van der Waals surface area contributed by atoms with E-state index in [0.717, 1.165) is 9.75 Å². The summed E-state index contributed by atoms with van der Waals surface area (Å²) >= 11 is 2.83. The van der Waals surface area contributed by atoms with Crippen LogP contribution in [0.3, 0.4) is 0 Å². The first-order valence-corrected chi connectivity index (χ1v) is 10.1. The molecule has 0 atom stereocenters. The van der Waals surface area contributed by atoms with Gasteiger partial charge in [0.1, 0.15) is 4.21 Å². The van der Waals surface area contributed by atoms with Gasteiger partial charge >= 0.3 is 0 Å². The van der Waals surface area contributed by atoms with Crippen LogP contribution in [0.15, 0.2) is 38.4 Å². The van der Waals surface area contributed by atoms with Gasteiger partial charge in [-0.1, -0.05) is 11.2 Å². The van der Waals surface area contributed by atoms with E-state index in [1.54, 1.807) is 17.4 Å². The lowest BCUT2D eigenvalue weighted by Gasteiger charge is -2.35. The largest absolute Gasteiger partial charge is 0.339 e. The van der Waals surface area contributed by atoms with Gasteiger partial charge in [-0.25, -0.2) is 8.42 Å². The van der Waals surface area contributed by atoms with E-state index in [1.165, 1.54) is 15.6 Å². The monoisotopic (exact) mass is 367 g/mol. The molecular weight excluding hydrogens is 354 g/mol. The van der Waals surface area contributed by atoms with Gasteiger partial charge in [-0.05, 0) is 30.5 Å². The van der Waals surface area contributed by atoms with E-state index in [-0.39, 0.29) is 5.92 Å². The van der Waals surface area contributed by atoms with Gasteiger partial charge in [-0.15, -0.1) is 22.7 Å². The number of aryl methyl sites for hydroxylation is 1. The molecule has 1 saturated heterocycles. The highest BCUT2D eigenvalue weighted by Crippen LogP contribution is 2.34. The van der Waals surface area contributed by atoms with Crippen LogP contribution in [-0.4, -0.2) is 36.0 Å². The molecule has 0 amide bonds.